The second-order valence-electron chi connectivity index (χ2n) is 7.10. The molecule has 0 aliphatic carbocycles. The molecule has 0 bridgehead atoms. The topological polar surface area (TPSA) is 49.4 Å². The highest BCUT2D eigenvalue weighted by Crippen LogP contribution is 2.33. The summed E-state index contributed by atoms with van der Waals surface area (Å²) in [6.07, 6.45) is 0.360. The average molecular weight is 421 g/mol. The van der Waals surface area contributed by atoms with Gasteiger partial charge in [-0.05, 0) is 23.3 Å². The van der Waals surface area contributed by atoms with E-state index in [2.05, 4.69) is 5.32 Å². The lowest BCUT2D eigenvalue weighted by molar-refractivity contribution is -0.131. The van der Waals surface area contributed by atoms with E-state index in [4.69, 9.17) is 0 Å². The lowest BCUT2D eigenvalue weighted by Gasteiger charge is -2.27. The third-order valence-electron chi connectivity index (χ3n) is 5.16. The van der Waals surface area contributed by atoms with Gasteiger partial charge in [-0.1, -0.05) is 72.8 Å². The fraction of sp³-hybridized carbons (Fsp3) is 0.167. The van der Waals surface area contributed by atoms with Crippen molar-refractivity contribution in [3.8, 4) is 0 Å². The summed E-state index contributed by atoms with van der Waals surface area (Å²) in [7, 11) is 0. The molecule has 1 aliphatic heterocycles. The summed E-state index contributed by atoms with van der Waals surface area (Å²) in [5.74, 6) is -0.171. The van der Waals surface area contributed by atoms with Gasteiger partial charge < -0.3 is 5.32 Å². The number of urea groups is 1. The summed E-state index contributed by atoms with van der Waals surface area (Å²) in [6.45, 7) is 0.201. The van der Waals surface area contributed by atoms with Crippen LogP contribution in [0.4, 0.5) is 9.18 Å². The zero-order valence-corrected chi connectivity index (χ0v) is 17.1. The minimum atomic E-state index is -1.15. The number of rotatable bonds is 7. The molecule has 0 spiro atoms. The van der Waals surface area contributed by atoms with Gasteiger partial charge in [0.15, 0.2) is 5.54 Å². The third-order valence-corrected chi connectivity index (χ3v) is 6.19. The molecule has 3 amide bonds. The molecule has 3 aromatic rings. The first kappa shape index (κ1) is 20.2. The van der Waals surface area contributed by atoms with E-state index in [1.807, 2.05) is 60.7 Å². The minimum Gasteiger partial charge on any atom is -0.319 e. The number of benzene rings is 3. The summed E-state index contributed by atoms with van der Waals surface area (Å²) < 4.78 is 13.8. The Morgan fingerprint density at radius 2 is 1.50 bits per heavy atom. The van der Waals surface area contributed by atoms with Gasteiger partial charge in [0.05, 0.1) is 0 Å². The molecule has 0 unspecified atom stereocenters. The van der Waals surface area contributed by atoms with E-state index < -0.39 is 11.6 Å². The van der Waals surface area contributed by atoms with Gasteiger partial charge in [0.25, 0.3) is 5.91 Å². The molecule has 0 aromatic heterocycles. The predicted molar refractivity (Wildman–Crippen MR) is 116 cm³/mol. The zero-order valence-electron chi connectivity index (χ0n) is 16.3. The van der Waals surface area contributed by atoms with Crippen molar-refractivity contribution in [2.75, 3.05) is 12.3 Å². The van der Waals surface area contributed by atoms with Crippen molar-refractivity contribution in [2.24, 2.45) is 0 Å². The number of hydrogen-bond acceptors (Lipinski definition) is 3. The zero-order chi connectivity index (χ0) is 21.0. The number of thioether (sulfide) groups is 1. The van der Waals surface area contributed by atoms with Gasteiger partial charge in [0.1, 0.15) is 5.82 Å². The Bertz CT molecular complexity index is 1050. The van der Waals surface area contributed by atoms with E-state index >= 15 is 0 Å². The van der Waals surface area contributed by atoms with Gasteiger partial charge in [-0.15, -0.1) is 11.8 Å². The number of halogens is 1. The monoisotopic (exact) mass is 420 g/mol. The fourth-order valence-corrected chi connectivity index (χ4v) is 4.55. The van der Waals surface area contributed by atoms with Crippen molar-refractivity contribution in [1.29, 1.82) is 0 Å². The molecular formula is C24H21FN2O2S. The van der Waals surface area contributed by atoms with Crippen molar-refractivity contribution in [3.05, 3.63) is 102 Å². The largest absolute Gasteiger partial charge is 0.325 e. The smallest absolute Gasteiger partial charge is 0.319 e. The minimum absolute atomic E-state index is 0.201. The molecule has 1 saturated heterocycles. The summed E-state index contributed by atoms with van der Waals surface area (Å²) in [4.78, 5) is 28.0. The standard InChI is InChI=1S/C24H21FN2O2S/c25-20-13-7-8-14-21(20)30-16-15-27-22(28)24(26-23(27)29,19-11-5-2-6-12-19)17-18-9-3-1-4-10-18/h1-14H,15-17H2,(H,26,29)/t24-/m0/s1. The Morgan fingerprint density at radius 1 is 0.867 bits per heavy atom. The van der Waals surface area contributed by atoms with Crippen LogP contribution in [-0.4, -0.2) is 29.1 Å². The van der Waals surface area contributed by atoms with Crippen LogP contribution in [0.3, 0.4) is 0 Å². The van der Waals surface area contributed by atoms with E-state index in [1.165, 1.54) is 22.7 Å². The molecule has 152 valence electrons. The van der Waals surface area contributed by atoms with Gasteiger partial charge in [-0.3, -0.25) is 9.69 Å². The molecule has 1 N–H and O–H groups in total. The molecular weight excluding hydrogens is 399 g/mol. The molecule has 30 heavy (non-hydrogen) atoms. The van der Waals surface area contributed by atoms with Crippen molar-refractivity contribution in [3.63, 3.8) is 0 Å². The van der Waals surface area contributed by atoms with Crippen LogP contribution in [0.15, 0.2) is 89.8 Å². The number of imide groups is 1. The molecule has 1 heterocycles. The van der Waals surface area contributed by atoms with Crippen LogP contribution in [0.2, 0.25) is 0 Å². The molecule has 4 rings (SSSR count). The first-order valence-electron chi connectivity index (χ1n) is 9.71. The number of nitrogens with zero attached hydrogens (tertiary/aromatic N) is 1. The van der Waals surface area contributed by atoms with E-state index in [0.717, 1.165) is 11.1 Å². The van der Waals surface area contributed by atoms with Gasteiger partial charge in [-0.2, -0.15) is 0 Å². The molecule has 1 atom stereocenters. The van der Waals surface area contributed by atoms with Crippen LogP contribution in [0, 0.1) is 5.82 Å². The van der Waals surface area contributed by atoms with Crippen molar-refractivity contribution in [1.82, 2.24) is 10.2 Å². The first-order valence-corrected chi connectivity index (χ1v) is 10.7. The van der Waals surface area contributed by atoms with Crippen molar-refractivity contribution < 1.29 is 14.0 Å². The van der Waals surface area contributed by atoms with E-state index in [-0.39, 0.29) is 18.3 Å². The van der Waals surface area contributed by atoms with Gasteiger partial charge >= 0.3 is 6.03 Å². The average Bonchev–Trinajstić information content (AvgIpc) is 3.01. The molecule has 1 aliphatic rings. The fourth-order valence-electron chi connectivity index (χ4n) is 3.68. The molecule has 0 radical (unpaired) electrons. The molecule has 6 heteroatoms. The maximum atomic E-state index is 13.8. The third kappa shape index (κ3) is 3.96. The van der Waals surface area contributed by atoms with Crippen LogP contribution in [0.25, 0.3) is 0 Å². The Labute approximate surface area is 179 Å². The van der Waals surface area contributed by atoms with Crippen LogP contribution in [-0.2, 0) is 16.8 Å². The summed E-state index contributed by atoms with van der Waals surface area (Å²) in [5, 5.41) is 2.95. The van der Waals surface area contributed by atoms with E-state index in [9.17, 15) is 14.0 Å². The Kier molecular flexibility index (Phi) is 5.86. The van der Waals surface area contributed by atoms with Gasteiger partial charge in [0, 0.05) is 23.6 Å². The maximum Gasteiger partial charge on any atom is 0.325 e. The first-order chi connectivity index (χ1) is 14.6. The van der Waals surface area contributed by atoms with Gasteiger partial charge in [-0.25, -0.2) is 9.18 Å². The van der Waals surface area contributed by atoms with Crippen molar-refractivity contribution >= 4 is 23.7 Å². The summed E-state index contributed by atoms with van der Waals surface area (Å²) in [5.41, 5.74) is 0.552. The second kappa shape index (κ2) is 8.71. The lowest BCUT2D eigenvalue weighted by Crippen LogP contribution is -2.46. The van der Waals surface area contributed by atoms with E-state index in [0.29, 0.717) is 17.1 Å². The summed E-state index contributed by atoms with van der Waals surface area (Å²) >= 11 is 1.29. The maximum absolute atomic E-state index is 13.8. The Morgan fingerprint density at radius 3 is 2.20 bits per heavy atom. The number of carbonyl (C=O) groups is 2. The highest BCUT2D eigenvalue weighted by atomic mass is 32.2. The lowest BCUT2D eigenvalue weighted by atomic mass is 9.83. The predicted octanol–water partition coefficient (Wildman–Crippen LogP) is 4.61. The Hall–Kier alpha value is -3.12. The van der Waals surface area contributed by atoms with Crippen molar-refractivity contribution in [2.45, 2.75) is 16.9 Å². The number of amides is 3. The number of carbonyl (C=O) groups excluding carboxylic acids is 2. The second-order valence-corrected chi connectivity index (χ2v) is 8.24. The quantitative estimate of drug-likeness (QED) is 0.449. The number of nitrogens with one attached hydrogen (secondary N) is 1. The number of hydrogen-bond donors (Lipinski definition) is 1. The molecule has 0 saturated carbocycles. The summed E-state index contributed by atoms with van der Waals surface area (Å²) in [6, 6.07) is 25.0. The Balaban J connectivity index is 1.57. The van der Waals surface area contributed by atoms with Crippen LogP contribution >= 0.6 is 11.8 Å². The SMILES string of the molecule is O=C1N[C@@](Cc2ccccc2)(c2ccccc2)C(=O)N1CCSc1ccccc1F. The molecule has 1 fully saturated rings. The molecule has 4 nitrogen and oxygen atoms in total. The van der Waals surface area contributed by atoms with Crippen LogP contribution in [0.5, 0.6) is 0 Å². The highest BCUT2D eigenvalue weighted by molar-refractivity contribution is 7.99. The van der Waals surface area contributed by atoms with Crippen LogP contribution in [0.1, 0.15) is 11.1 Å². The van der Waals surface area contributed by atoms with E-state index in [1.54, 1.807) is 18.2 Å². The van der Waals surface area contributed by atoms with Crippen LogP contribution < -0.4 is 5.32 Å². The normalized spacial score (nSPS) is 18.5. The highest BCUT2D eigenvalue weighted by Gasteiger charge is 2.52. The molecule has 3 aromatic carbocycles. The van der Waals surface area contributed by atoms with Gasteiger partial charge in [0.2, 0.25) is 0 Å².